The SMILES string of the molecule is CCCc1c(-c2ccc(O)c(CN3CCN(CCCCO)CC3)c2)ssc1=S. The van der Waals surface area contributed by atoms with E-state index < -0.39 is 0 Å². The van der Waals surface area contributed by atoms with Crippen LogP contribution in [-0.4, -0.2) is 59.3 Å². The van der Waals surface area contributed by atoms with E-state index >= 15 is 0 Å². The van der Waals surface area contributed by atoms with Crippen LogP contribution in [0.25, 0.3) is 10.4 Å². The van der Waals surface area contributed by atoms with Crippen LogP contribution >= 0.6 is 32.9 Å². The summed E-state index contributed by atoms with van der Waals surface area (Å²) in [6.07, 6.45) is 4.05. The number of aliphatic hydroxyl groups excluding tert-OH is 1. The van der Waals surface area contributed by atoms with Gasteiger partial charge in [-0.2, -0.15) is 0 Å². The number of hydrogen-bond acceptors (Lipinski definition) is 7. The molecule has 28 heavy (non-hydrogen) atoms. The first kappa shape index (κ1) is 21.9. The van der Waals surface area contributed by atoms with E-state index in [1.807, 2.05) is 12.1 Å². The van der Waals surface area contributed by atoms with Crippen molar-refractivity contribution in [2.75, 3.05) is 39.3 Å². The van der Waals surface area contributed by atoms with Crippen LogP contribution in [0.1, 0.15) is 37.3 Å². The van der Waals surface area contributed by atoms with Crippen molar-refractivity contribution < 1.29 is 10.2 Å². The van der Waals surface area contributed by atoms with E-state index in [-0.39, 0.29) is 6.61 Å². The molecule has 0 atom stereocenters. The second-order valence-corrected chi connectivity index (χ2v) is 10.2. The van der Waals surface area contributed by atoms with Crippen LogP contribution < -0.4 is 0 Å². The lowest BCUT2D eigenvalue weighted by molar-refractivity contribution is 0.123. The zero-order valence-corrected chi connectivity index (χ0v) is 19.0. The molecule has 1 fully saturated rings. The molecule has 2 aromatic rings. The van der Waals surface area contributed by atoms with Crippen molar-refractivity contribution in [3.63, 3.8) is 0 Å². The van der Waals surface area contributed by atoms with Gasteiger partial charge in [0.1, 0.15) is 9.57 Å². The maximum absolute atomic E-state index is 10.4. The molecule has 1 aliphatic rings. The largest absolute Gasteiger partial charge is 0.508 e. The summed E-state index contributed by atoms with van der Waals surface area (Å²) >= 11 is 5.53. The predicted molar refractivity (Wildman–Crippen MR) is 122 cm³/mol. The molecule has 0 spiro atoms. The van der Waals surface area contributed by atoms with Crippen molar-refractivity contribution in [1.29, 1.82) is 0 Å². The van der Waals surface area contributed by atoms with Crippen LogP contribution in [0.4, 0.5) is 0 Å². The lowest BCUT2D eigenvalue weighted by atomic mass is 10.0. The van der Waals surface area contributed by atoms with Gasteiger partial charge in [0.05, 0.1) is 4.88 Å². The van der Waals surface area contributed by atoms with Crippen molar-refractivity contribution in [3.05, 3.63) is 33.1 Å². The van der Waals surface area contributed by atoms with Crippen molar-refractivity contribution in [2.24, 2.45) is 0 Å². The van der Waals surface area contributed by atoms with Gasteiger partial charge in [-0.3, -0.25) is 4.90 Å². The molecule has 0 unspecified atom stereocenters. The summed E-state index contributed by atoms with van der Waals surface area (Å²) in [4.78, 5) is 6.16. The molecule has 0 radical (unpaired) electrons. The second-order valence-electron chi connectivity index (χ2n) is 7.40. The highest BCUT2D eigenvalue weighted by Crippen LogP contribution is 2.37. The molecule has 0 amide bonds. The standard InChI is InChI=1S/C21H30N2O2S3/c1-2-5-18-20(27-28-21(18)26)16-6-7-19(25)17(14-16)15-23-11-9-22(10-12-23)8-3-4-13-24/h6-7,14,24-25H,2-5,8-13,15H2,1H3. The summed E-state index contributed by atoms with van der Waals surface area (Å²) in [5, 5.41) is 19.3. The minimum Gasteiger partial charge on any atom is -0.508 e. The number of hydrogen-bond donors (Lipinski definition) is 2. The van der Waals surface area contributed by atoms with E-state index in [2.05, 4.69) is 22.8 Å². The van der Waals surface area contributed by atoms with E-state index in [1.165, 1.54) is 16.0 Å². The fraction of sp³-hybridized carbons (Fsp3) is 0.571. The summed E-state index contributed by atoms with van der Waals surface area (Å²) in [7, 11) is 3.44. The molecule has 154 valence electrons. The number of rotatable bonds is 9. The fourth-order valence-corrected chi connectivity index (χ4v) is 6.67. The number of phenols is 1. The minimum absolute atomic E-state index is 0.285. The number of aromatic hydroxyl groups is 1. The Hall–Kier alpha value is -0.830. The smallest absolute Gasteiger partial charge is 0.120 e. The highest BCUT2D eigenvalue weighted by molar-refractivity contribution is 7.80. The number of piperazine rings is 1. The normalized spacial score (nSPS) is 15.9. The Morgan fingerprint density at radius 2 is 1.82 bits per heavy atom. The maximum atomic E-state index is 10.4. The number of aliphatic hydroxyl groups is 1. The Morgan fingerprint density at radius 3 is 2.54 bits per heavy atom. The van der Waals surface area contributed by atoms with Crippen molar-refractivity contribution >= 4 is 32.9 Å². The highest BCUT2D eigenvalue weighted by Gasteiger charge is 2.18. The average molecular weight is 439 g/mol. The second kappa shape index (κ2) is 10.8. The van der Waals surface area contributed by atoms with Crippen molar-refractivity contribution in [3.8, 4) is 16.2 Å². The molecular weight excluding hydrogens is 408 g/mol. The molecule has 0 saturated carbocycles. The van der Waals surface area contributed by atoms with E-state index in [4.69, 9.17) is 17.3 Å². The molecule has 1 aliphatic heterocycles. The molecular formula is C21H30N2O2S3. The summed E-state index contributed by atoms with van der Waals surface area (Å²) in [5.74, 6) is 0.380. The third-order valence-corrected chi connectivity index (χ3v) is 8.50. The van der Waals surface area contributed by atoms with E-state index in [0.717, 1.165) is 74.3 Å². The first-order valence-corrected chi connectivity index (χ1v) is 12.7. The molecule has 7 heteroatoms. The predicted octanol–water partition coefficient (Wildman–Crippen LogP) is 4.75. The summed E-state index contributed by atoms with van der Waals surface area (Å²) in [5.41, 5.74) is 3.47. The molecule has 4 nitrogen and oxygen atoms in total. The summed E-state index contributed by atoms with van der Waals surface area (Å²) in [6, 6.07) is 6.00. The van der Waals surface area contributed by atoms with Gasteiger partial charge in [0.25, 0.3) is 0 Å². The molecule has 2 N–H and O–H groups in total. The molecule has 2 heterocycles. The van der Waals surface area contributed by atoms with Gasteiger partial charge < -0.3 is 15.1 Å². The molecule has 0 bridgehead atoms. The van der Waals surface area contributed by atoms with E-state index in [9.17, 15) is 5.11 Å². The van der Waals surface area contributed by atoms with Gasteiger partial charge in [-0.25, -0.2) is 0 Å². The number of phenolic OH excluding ortho intramolecular Hbond substituents is 1. The highest BCUT2D eigenvalue weighted by atomic mass is 32.9. The maximum Gasteiger partial charge on any atom is 0.120 e. The quantitative estimate of drug-likeness (QED) is 0.336. The number of nitrogens with zero attached hydrogens (tertiary/aromatic N) is 2. The lowest BCUT2D eigenvalue weighted by Crippen LogP contribution is -2.46. The fourth-order valence-electron chi connectivity index (χ4n) is 3.67. The zero-order chi connectivity index (χ0) is 19.9. The Morgan fingerprint density at radius 1 is 1.07 bits per heavy atom. The molecule has 1 saturated heterocycles. The summed E-state index contributed by atoms with van der Waals surface area (Å²) in [6.45, 7) is 8.46. The lowest BCUT2D eigenvalue weighted by Gasteiger charge is -2.34. The third kappa shape index (κ3) is 5.62. The van der Waals surface area contributed by atoms with Gasteiger partial charge in [0, 0.05) is 44.9 Å². The van der Waals surface area contributed by atoms with Crippen molar-refractivity contribution in [2.45, 2.75) is 39.2 Å². The Bertz CT molecular complexity index is 810. The van der Waals surface area contributed by atoms with Gasteiger partial charge in [0.15, 0.2) is 0 Å². The van der Waals surface area contributed by atoms with Crippen LogP contribution in [0.5, 0.6) is 5.75 Å². The Kier molecular flexibility index (Phi) is 8.44. The van der Waals surface area contributed by atoms with Gasteiger partial charge in [-0.15, -0.1) is 0 Å². The first-order chi connectivity index (χ1) is 13.6. The number of unbranched alkanes of at least 4 members (excludes halogenated alkanes) is 1. The number of benzene rings is 1. The summed E-state index contributed by atoms with van der Waals surface area (Å²) < 4.78 is 1.01. The molecule has 0 aliphatic carbocycles. The Labute approximate surface area is 180 Å². The monoisotopic (exact) mass is 438 g/mol. The minimum atomic E-state index is 0.285. The van der Waals surface area contributed by atoms with Gasteiger partial charge >= 0.3 is 0 Å². The van der Waals surface area contributed by atoms with Gasteiger partial charge in [-0.1, -0.05) is 46.2 Å². The van der Waals surface area contributed by atoms with Crippen LogP contribution in [0.15, 0.2) is 18.2 Å². The van der Waals surface area contributed by atoms with Crippen LogP contribution in [0.3, 0.4) is 0 Å². The average Bonchev–Trinajstić information content (AvgIpc) is 3.06. The third-order valence-electron chi connectivity index (χ3n) is 5.30. The van der Waals surface area contributed by atoms with Crippen molar-refractivity contribution in [1.82, 2.24) is 9.80 Å². The van der Waals surface area contributed by atoms with Crippen LogP contribution in [0.2, 0.25) is 0 Å². The first-order valence-electron chi connectivity index (χ1n) is 10.1. The van der Waals surface area contributed by atoms with Gasteiger partial charge in [0.2, 0.25) is 0 Å². The van der Waals surface area contributed by atoms with Gasteiger partial charge in [-0.05, 0) is 55.1 Å². The van der Waals surface area contributed by atoms with E-state index in [0.29, 0.717) is 5.75 Å². The van der Waals surface area contributed by atoms with Crippen LogP contribution in [0, 0.1) is 3.82 Å². The zero-order valence-electron chi connectivity index (χ0n) is 16.5. The topological polar surface area (TPSA) is 46.9 Å². The molecule has 3 rings (SSSR count). The molecule has 1 aromatic carbocycles. The Balaban J connectivity index is 1.66. The molecule has 1 aromatic heterocycles. The van der Waals surface area contributed by atoms with Crippen LogP contribution in [-0.2, 0) is 13.0 Å². The van der Waals surface area contributed by atoms with E-state index in [1.54, 1.807) is 20.7 Å².